The number of amides is 1. The van der Waals surface area contributed by atoms with E-state index in [9.17, 15) is 4.79 Å². The topological polar surface area (TPSA) is 51.0 Å². The van der Waals surface area contributed by atoms with E-state index in [2.05, 4.69) is 16.1 Å². The fourth-order valence-electron chi connectivity index (χ4n) is 2.80. The van der Waals surface area contributed by atoms with Gasteiger partial charge in [-0.3, -0.25) is 14.5 Å². The van der Waals surface area contributed by atoms with Crippen LogP contribution in [0.4, 0.5) is 5.69 Å². The first-order valence-corrected chi connectivity index (χ1v) is 7.64. The molecule has 118 valence electrons. The number of anilines is 1. The van der Waals surface area contributed by atoms with Gasteiger partial charge in [0.05, 0.1) is 11.9 Å². The van der Waals surface area contributed by atoms with Crippen LogP contribution in [0, 0.1) is 5.92 Å². The van der Waals surface area contributed by atoms with Gasteiger partial charge in [-0.15, -0.1) is 0 Å². The van der Waals surface area contributed by atoms with Gasteiger partial charge in [-0.25, -0.2) is 0 Å². The summed E-state index contributed by atoms with van der Waals surface area (Å²) >= 11 is 0. The molecule has 5 nitrogen and oxygen atoms in total. The number of fused-ring (bicyclic) bond motifs is 1. The van der Waals surface area contributed by atoms with Crippen molar-refractivity contribution in [1.29, 1.82) is 0 Å². The highest BCUT2D eigenvalue weighted by molar-refractivity contribution is 5.94. The molecule has 1 amide bonds. The van der Waals surface area contributed by atoms with Crippen molar-refractivity contribution >= 4 is 22.4 Å². The Morgan fingerprint density at radius 1 is 1.26 bits per heavy atom. The largest absolute Gasteiger partial charge is 0.312 e. The number of nitrogens with zero attached hydrogens (tertiary/aromatic N) is 4. The average Bonchev–Trinajstić information content (AvgIpc) is 3.00. The number of carbonyl (C=O) groups is 1. The number of rotatable bonds is 4. The Hall–Kier alpha value is -2.69. The Morgan fingerprint density at radius 3 is 2.78 bits per heavy atom. The number of benzene rings is 1. The Bertz CT molecular complexity index is 834. The van der Waals surface area contributed by atoms with Gasteiger partial charge in [0.15, 0.2) is 0 Å². The van der Waals surface area contributed by atoms with Crippen LogP contribution in [-0.4, -0.2) is 27.7 Å². The molecule has 3 aromatic rings. The normalized spacial score (nSPS) is 12.3. The number of aryl methyl sites for hydroxylation is 1. The molecular formula is C18H20N4O. The highest BCUT2D eigenvalue weighted by Crippen LogP contribution is 2.22. The Kier molecular flexibility index (Phi) is 4.10. The second kappa shape index (κ2) is 6.20. The number of carbonyl (C=O) groups excluding carboxylic acids is 1. The summed E-state index contributed by atoms with van der Waals surface area (Å²) in [7, 11) is 3.63. The third-order valence-electron chi connectivity index (χ3n) is 4.11. The van der Waals surface area contributed by atoms with E-state index in [1.165, 1.54) is 0 Å². The molecule has 1 atom stereocenters. The zero-order chi connectivity index (χ0) is 16.4. The van der Waals surface area contributed by atoms with Crippen molar-refractivity contribution in [2.24, 2.45) is 13.0 Å². The summed E-state index contributed by atoms with van der Waals surface area (Å²) in [5, 5.41) is 6.38. The second-order valence-electron chi connectivity index (χ2n) is 5.89. The van der Waals surface area contributed by atoms with Crippen LogP contribution < -0.4 is 4.90 Å². The molecule has 0 unspecified atom stereocenters. The number of pyridine rings is 1. The monoisotopic (exact) mass is 308 g/mol. The Balaban J connectivity index is 1.80. The van der Waals surface area contributed by atoms with Crippen molar-refractivity contribution in [1.82, 2.24) is 14.8 Å². The fraction of sp³-hybridized carbons (Fsp3) is 0.278. The molecule has 2 aromatic heterocycles. The van der Waals surface area contributed by atoms with Crippen molar-refractivity contribution < 1.29 is 4.79 Å². The lowest BCUT2D eigenvalue weighted by molar-refractivity contribution is -0.121. The molecule has 0 saturated heterocycles. The number of hydrogen-bond donors (Lipinski definition) is 0. The molecule has 0 aliphatic carbocycles. The van der Waals surface area contributed by atoms with E-state index in [4.69, 9.17) is 0 Å². The smallest absolute Gasteiger partial charge is 0.229 e. The molecule has 0 N–H and O–H groups in total. The lowest BCUT2D eigenvalue weighted by atomic mass is 9.97. The van der Waals surface area contributed by atoms with Gasteiger partial charge < -0.3 is 4.90 Å². The number of hydrogen-bond acceptors (Lipinski definition) is 3. The SMILES string of the molecule is C[C@@H](Cc1cncc2ccccc12)C(=O)N(C)c1cnn(C)c1. The minimum absolute atomic E-state index is 0.0749. The first-order valence-electron chi connectivity index (χ1n) is 7.64. The van der Waals surface area contributed by atoms with Crippen LogP contribution in [0.15, 0.2) is 49.1 Å². The van der Waals surface area contributed by atoms with E-state index in [-0.39, 0.29) is 11.8 Å². The molecule has 0 spiro atoms. The molecule has 1 aromatic carbocycles. The maximum absolute atomic E-state index is 12.7. The van der Waals surface area contributed by atoms with E-state index >= 15 is 0 Å². The molecule has 23 heavy (non-hydrogen) atoms. The van der Waals surface area contributed by atoms with Crippen molar-refractivity contribution in [3.05, 3.63) is 54.6 Å². The third-order valence-corrected chi connectivity index (χ3v) is 4.11. The van der Waals surface area contributed by atoms with E-state index in [1.807, 2.05) is 50.8 Å². The standard InChI is InChI=1S/C18H20N4O/c1-13(18(23)22(3)16-11-20-21(2)12-16)8-15-10-19-9-14-6-4-5-7-17(14)15/h4-7,9-13H,8H2,1-3H3/t13-/m0/s1. The highest BCUT2D eigenvalue weighted by atomic mass is 16.2. The average molecular weight is 308 g/mol. The summed E-state index contributed by atoms with van der Waals surface area (Å²) in [5.74, 6) is -0.0567. The van der Waals surface area contributed by atoms with Gasteiger partial charge in [-0.05, 0) is 17.4 Å². The molecule has 0 aliphatic heterocycles. The van der Waals surface area contributed by atoms with Crippen molar-refractivity contribution in [2.75, 3.05) is 11.9 Å². The summed E-state index contributed by atoms with van der Waals surface area (Å²) in [6.45, 7) is 1.96. The van der Waals surface area contributed by atoms with E-state index in [0.717, 1.165) is 22.0 Å². The fourth-order valence-corrected chi connectivity index (χ4v) is 2.80. The maximum Gasteiger partial charge on any atom is 0.229 e. The summed E-state index contributed by atoms with van der Waals surface area (Å²) < 4.78 is 1.69. The predicted molar refractivity (Wildman–Crippen MR) is 91.2 cm³/mol. The van der Waals surface area contributed by atoms with Crippen molar-refractivity contribution in [2.45, 2.75) is 13.3 Å². The molecule has 2 heterocycles. The molecular weight excluding hydrogens is 288 g/mol. The van der Waals surface area contributed by atoms with Gasteiger partial charge in [0.2, 0.25) is 5.91 Å². The maximum atomic E-state index is 12.7. The van der Waals surface area contributed by atoms with E-state index in [1.54, 1.807) is 22.8 Å². The van der Waals surface area contributed by atoms with E-state index in [0.29, 0.717) is 6.42 Å². The molecule has 0 bridgehead atoms. The van der Waals surface area contributed by atoms with Gasteiger partial charge >= 0.3 is 0 Å². The predicted octanol–water partition coefficient (Wildman–Crippen LogP) is 2.81. The first kappa shape index (κ1) is 15.2. The van der Waals surface area contributed by atoms with Crippen LogP contribution in [0.25, 0.3) is 10.8 Å². The highest BCUT2D eigenvalue weighted by Gasteiger charge is 2.20. The van der Waals surface area contributed by atoms with Crippen molar-refractivity contribution in [3.63, 3.8) is 0 Å². The molecule has 0 radical (unpaired) electrons. The number of aromatic nitrogens is 3. The minimum atomic E-state index is -0.132. The third kappa shape index (κ3) is 3.08. The zero-order valence-corrected chi connectivity index (χ0v) is 13.6. The van der Waals surface area contributed by atoms with Crippen LogP contribution in [-0.2, 0) is 18.3 Å². The first-order chi connectivity index (χ1) is 11.1. The van der Waals surface area contributed by atoms with Crippen LogP contribution in [0.1, 0.15) is 12.5 Å². The minimum Gasteiger partial charge on any atom is -0.312 e. The molecule has 0 aliphatic rings. The molecule has 3 rings (SSSR count). The van der Waals surface area contributed by atoms with Gasteiger partial charge in [-0.1, -0.05) is 31.2 Å². The van der Waals surface area contributed by atoms with Crippen LogP contribution in [0.3, 0.4) is 0 Å². The van der Waals surface area contributed by atoms with Crippen molar-refractivity contribution in [3.8, 4) is 0 Å². The van der Waals surface area contributed by atoms with Gasteiger partial charge in [0.1, 0.15) is 0 Å². The second-order valence-corrected chi connectivity index (χ2v) is 5.89. The van der Waals surface area contributed by atoms with E-state index < -0.39 is 0 Å². The Labute approximate surface area is 135 Å². The molecule has 0 fully saturated rings. The summed E-state index contributed by atoms with van der Waals surface area (Å²) in [6.07, 6.45) is 7.91. The molecule has 0 saturated carbocycles. The zero-order valence-electron chi connectivity index (χ0n) is 13.6. The lowest BCUT2D eigenvalue weighted by Gasteiger charge is -2.20. The lowest BCUT2D eigenvalue weighted by Crippen LogP contribution is -2.32. The van der Waals surface area contributed by atoms with Crippen LogP contribution in [0.5, 0.6) is 0 Å². The summed E-state index contributed by atoms with van der Waals surface area (Å²) in [4.78, 5) is 18.6. The van der Waals surface area contributed by atoms with Crippen LogP contribution in [0.2, 0.25) is 0 Å². The van der Waals surface area contributed by atoms with Gasteiger partial charge in [0, 0.05) is 44.0 Å². The Morgan fingerprint density at radius 2 is 2.04 bits per heavy atom. The summed E-state index contributed by atoms with van der Waals surface area (Å²) in [6, 6.07) is 8.13. The van der Waals surface area contributed by atoms with Crippen LogP contribution >= 0.6 is 0 Å². The summed E-state index contributed by atoms with van der Waals surface area (Å²) in [5.41, 5.74) is 1.91. The quantitative estimate of drug-likeness (QED) is 0.744. The molecule has 5 heteroatoms. The van der Waals surface area contributed by atoms with Gasteiger partial charge in [0.25, 0.3) is 0 Å². The van der Waals surface area contributed by atoms with Gasteiger partial charge in [-0.2, -0.15) is 5.10 Å².